The molecule has 0 aliphatic rings. The van der Waals surface area contributed by atoms with E-state index < -0.39 is 0 Å². The Morgan fingerprint density at radius 1 is 1.25 bits per heavy atom. The first-order chi connectivity index (χ1) is 7.93. The van der Waals surface area contributed by atoms with Crippen molar-refractivity contribution in [2.45, 2.75) is 19.4 Å². The van der Waals surface area contributed by atoms with Gasteiger partial charge in [-0.25, -0.2) is 4.98 Å². The number of rotatable bonds is 10. The van der Waals surface area contributed by atoms with E-state index >= 15 is 0 Å². The lowest BCUT2D eigenvalue weighted by Crippen LogP contribution is -2.21. The SMILES string of the molecule is OCCOCCNCCCCn1ccnc1. The van der Waals surface area contributed by atoms with Crippen LogP contribution in [0.3, 0.4) is 0 Å². The molecular formula is C11H21N3O2. The van der Waals surface area contributed by atoms with Crippen molar-refractivity contribution in [3.05, 3.63) is 18.7 Å². The number of aryl methyl sites for hydroxylation is 1. The molecule has 0 atom stereocenters. The van der Waals surface area contributed by atoms with Crippen LogP contribution >= 0.6 is 0 Å². The Balaban J connectivity index is 1.78. The molecule has 2 N–H and O–H groups in total. The number of imidazole rings is 1. The predicted molar refractivity (Wildman–Crippen MR) is 62.2 cm³/mol. The monoisotopic (exact) mass is 227 g/mol. The Morgan fingerprint density at radius 2 is 2.19 bits per heavy atom. The van der Waals surface area contributed by atoms with Gasteiger partial charge in [0.05, 0.1) is 26.1 Å². The molecule has 1 aromatic rings. The highest BCUT2D eigenvalue weighted by Crippen LogP contribution is 1.93. The molecule has 0 fully saturated rings. The van der Waals surface area contributed by atoms with E-state index in [1.807, 2.05) is 12.5 Å². The van der Waals surface area contributed by atoms with E-state index in [0.717, 1.165) is 32.5 Å². The van der Waals surface area contributed by atoms with Gasteiger partial charge in [0.2, 0.25) is 0 Å². The molecule has 0 unspecified atom stereocenters. The maximum Gasteiger partial charge on any atom is 0.0945 e. The van der Waals surface area contributed by atoms with Crippen molar-refractivity contribution < 1.29 is 9.84 Å². The van der Waals surface area contributed by atoms with Crippen LogP contribution in [0.25, 0.3) is 0 Å². The first-order valence-electron chi connectivity index (χ1n) is 5.78. The van der Waals surface area contributed by atoms with Gasteiger partial charge in [0.1, 0.15) is 0 Å². The minimum absolute atomic E-state index is 0.102. The van der Waals surface area contributed by atoms with Gasteiger partial charge >= 0.3 is 0 Å². The molecule has 0 amide bonds. The standard InChI is InChI=1S/C11H21N3O2/c15-8-10-16-9-5-12-3-1-2-6-14-7-4-13-11-14/h4,7,11-12,15H,1-3,5-6,8-10H2. The molecule has 0 saturated heterocycles. The lowest BCUT2D eigenvalue weighted by atomic mass is 10.3. The summed E-state index contributed by atoms with van der Waals surface area (Å²) in [5.74, 6) is 0. The summed E-state index contributed by atoms with van der Waals surface area (Å²) in [7, 11) is 0. The van der Waals surface area contributed by atoms with Crippen LogP contribution in [0, 0.1) is 0 Å². The quantitative estimate of drug-likeness (QED) is 0.563. The number of aromatic nitrogens is 2. The maximum absolute atomic E-state index is 8.48. The van der Waals surface area contributed by atoms with Gasteiger partial charge in [-0.15, -0.1) is 0 Å². The Hall–Kier alpha value is -0.910. The van der Waals surface area contributed by atoms with Crippen molar-refractivity contribution in [1.29, 1.82) is 0 Å². The van der Waals surface area contributed by atoms with E-state index in [9.17, 15) is 0 Å². The number of unbranched alkanes of at least 4 members (excludes halogenated alkanes) is 1. The van der Waals surface area contributed by atoms with E-state index in [1.165, 1.54) is 0 Å². The predicted octanol–water partition coefficient (Wildman–Crippen LogP) is 0.262. The average Bonchev–Trinajstić information content (AvgIpc) is 2.80. The van der Waals surface area contributed by atoms with Gasteiger partial charge in [-0.05, 0) is 19.4 Å². The van der Waals surface area contributed by atoms with Crippen molar-refractivity contribution >= 4 is 0 Å². The summed E-state index contributed by atoms with van der Waals surface area (Å²) in [4.78, 5) is 3.99. The van der Waals surface area contributed by atoms with Crippen LogP contribution in [-0.2, 0) is 11.3 Å². The third-order valence-electron chi connectivity index (χ3n) is 2.24. The lowest BCUT2D eigenvalue weighted by Gasteiger charge is -2.05. The summed E-state index contributed by atoms with van der Waals surface area (Å²) in [6.45, 7) is 4.10. The van der Waals surface area contributed by atoms with Crippen LogP contribution < -0.4 is 5.32 Å². The second-order valence-electron chi connectivity index (χ2n) is 3.59. The van der Waals surface area contributed by atoms with Gasteiger partial charge in [-0.2, -0.15) is 0 Å². The Morgan fingerprint density at radius 3 is 2.94 bits per heavy atom. The summed E-state index contributed by atoms with van der Waals surface area (Å²) in [5.41, 5.74) is 0. The molecule has 0 bridgehead atoms. The summed E-state index contributed by atoms with van der Waals surface area (Å²) >= 11 is 0. The fraction of sp³-hybridized carbons (Fsp3) is 0.727. The van der Waals surface area contributed by atoms with Gasteiger partial charge in [-0.3, -0.25) is 0 Å². The van der Waals surface area contributed by atoms with Crippen LogP contribution in [0.1, 0.15) is 12.8 Å². The summed E-state index contributed by atoms with van der Waals surface area (Å²) in [5, 5.41) is 11.8. The largest absolute Gasteiger partial charge is 0.394 e. The topological polar surface area (TPSA) is 59.3 Å². The zero-order valence-corrected chi connectivity index (χ0v) is 9.64. The molecule has 92 valence electrons. The van der Waals surface area contributed by atoms with Gasteiger partial charge in [0.25, 0.3) is 0 Å². The van der Waals surface area contributed by atoms with E-state index in [2.05, 4.69) is 14.9 Å². The van der Waals surface area contributed by atoms with Crippen LogP contribution in [-0.4, -0.2) is 47.6 Å². The second kappa shape index (κ2) is 9.33. The Kier molecular flexibility index (Phi) is 7.67. The smallest absolute Gasteiger partial charge is 0.0945 e. The van der Waals surface area contributed by atoms with E-state index in [0.29, 0.717) is 13.2 Å². The van der Waals surface area contributed by atoms with Crippen LogP contribution in [0.2, 0.25) is 0 Å². The van der Waals surface area contributed by atoms with Crippen molar-refractivity contribution in [2.75, 3.05) is 32.9 Å². The van der Waals surface area contributed by atoms with Crippen molar-refractivity contribution in [2.24, 2.45) is 0 Å². The molecule has 0 aliphatic heterocycles. The maximum atomic E-state index is 8.48. The highest BCUT2D eigenvalue weighted by molar-refractivity contribution is 4.73. The van der Waals surface area contributed by atoms with Crippen molar-refractivity contribution in [3.63, 3.8) is 0 Å². The van der Waals surface area contributed by atoms with Gasteiger partial charge in [0.15, 0.2) is 0 Å². The fourth-order valence-electron chi connectivity index (χ4n) is 1.40. The van der Waals surface area contributed by atoms with Crippen LogP contribution in [0.15, 0.2) is 18.7 Å². The summed E-state index contributed by atoms with van der Waals surface area (Å²) in [6.07, 6.45) is 7.93. The highest BCUT2D eigenvalue weighted by Gasteiger charge is 1.91. The van der Waals surface area contributed by atoms with E-state index in [-0.39, 0.29) is 6.61 Å². The van der Waals surface area contributed by atoms with Crippen molar-refractivity contribution in [3.8, 4) is 0 Å². The molecule has 5 heteroatoms. The van der Waals surface area contributed by atoms with Crippen molar-refractivity contribution in [1.82, 2.24) is 14.9 Å². The molecule has 0 aromatic carbocycles. The minimum atomic E-state index is 0.102. The third kappa shape index (κ3) is 6.55. The molecule has 5 nitrogen and oxygen atoms in total. The average molecular weight is 227 g/mol. The highest BCUT2D eigenvalue weighted by atomic mass is 16.5. The first-order valence-corrected chi connectivity index (χ1v) is 5.78. The van der Waals surface area contributed by atoms with Gasteiger partial charge < -0.3 is 19.7 Å². The molecule has 0 spiro atoms. The summed E-state index contributed by atoms with van der Waals surface area (Å²) in [6, 6.07) is 0. The first kappa shape index (κ1) is 13.2. The molecular weight excluding hydrogens is 206 g/mol. The number of aliphatic hydroxyl groups is 1. The Labute approximate surface area is 96.4 Å². The zero-order chi connectivity index (χ0) is 11.5. The lowest BCUT2D eigenvalue weighted by molar-refractivity contribution is 0.0939. The van der Waals surface area contributed by atoms with Gasteiger partial charge in [-0.1, -0.05) is 0 Å². The van der Waals surface area contributed by atoms with Gasteiger partial charge in [0, 0.05) is 25.5 Å². The molecule has 1 rings (SSSR count). The van der Waals surface area contributed by atoms with E-state index in [4.69, 9.17) is 9.84 Å². The number of hydrogen-bond donors (Lipinski definition) is 2. The Bertz CT molecular complexity index is 239. The third-order valence-corrected chi connectivity index (χ3v) is 2.24. The molecule has 1 aromatic heterocycles. The molecule has 1 heterocycles. The number of aliphatic hydroxyl groups excluding tert-OH is 1. The number of nitrogens with one attached hydrogen (secondary N) is 1. The molecule has 0 aliphatic carbocycles. The zero-order valence-electron chi connectivity index (χ0n) is 9.64. The molecule has 0 radical (unpaired) electrons. The number of hydrogen-bond acceptors (Lipinski definition) is 4. The van der Waals surface area contributed by atoms with Crippen LogP contribution in [0.4, 0.5) is 0 Å². The normalized spacial score (nSPS) is 10.8. The number of ether oxygens (including phenoxy) is 1. The van der Waals surface area contributed by atoms with Crippen LogP contribution in [0.5, 0.6) is 0 Å². The summed E-state index contributed by atoms with van der Waals surface area (Å²) < 4.78 is 7.21. The fourth-order valence-corrected chi connectivity index (χ4v) is 1.40. The number of nitrogens with zero attached hydrogens (tertiary/aromatic N) is 2. The second-order valence-corrected chi connectivity index (χ2v) is 3.59. The molecule has 16 heavy (non-hydrogen) atoms. The minimum Gasteiger partial charge on any atom is -0.394 e. The van der Waals surface area contributed by atoms with E-state index in [1.54, 1.807) is 6.20 Å². The molecule has 0 saturated carbocycles.